The highest BCUT2D eigenvalue weighted by Gasteiger charge is 2.35. The van der Waals surface area contributed by atoms with Crippen LogP contribution in [0.2, 0.25) is 0 Å². The van der Waals surface area contributed by atoms with Gasteiger partial charge >= 0.3 is 0 Å². The Morgan fingerprint density at radius 2 is 1.78 bits per heavy atom. The molecule has 0 aliphatic carbocycles. The minimum atomic E-state index is 0.0498. The van der Waals surface area contributed by atoms with Crippen LogP contribution in [0, 0.1) is 5.92 Å². The molecule has 0 radical (unpaired) electrons. The Hall–Kier alpha value is -1.47. The van der Waals surface area contributed by atoms with E-state index < -0.39 is 0 Å². The van der Waals surface area contributed by atoms with Gasteiger partial charge in [-0.05, 0) is 44.7 Å². The summed E-state index contributed by atoms with van der Waals surface area (Å²) in [6, 6.07) is 0.0498. The molecule has 27 heavy (non-hydrogen) atoms. The van der Waals surface area contributed by atoms with Crippen molar-refractivity contribution in [3.8, 4) is 0 Å². The van der Waals surface area contributed by atoms with E-state index >= 15 is 0 Å². The molecule has 4 rings (SSSR count). The normalized spacial score (nSPS) is 23.4. The summed E-state index contributed by atoms with van der Waals surface area (Å²) in [5, 5.41) is 12.2. The molecule has 2 saturated heterocycles. The SMILES string of the molecule is CC(C)C(C(=O)N1CCC(c2nnc3n2CCNC3)CC1)N1CCCCC1. The first-order valence-corrected chi connectivity index (χ1v) is 10.8. The lowest BCUT2D eigenvalue weighted by atomic mass is 9.93. The molecule has 7 heteroatoms. The van der Waals surface area contributed by atoms with Crippen molar-refractivity contribution in [3.63, 3.8) is 0 Å². The van der Waals surface area contributed by atoms with Crippen molar-refractivity contribution in [3.05, 3.63) is 11.6 Å². The lowest BCUT2D eigenvalue weighted by molar-refractivity contribution is -0.140. The average molecular weight is 375 g/mol. The first-order chi connectivity index (χ1) is 13.1. The van der Waals surface area contributed by atoms with Crippen molar-refractivity contribution in [1.29, 1.82) is 0 Å². The minimum Gasteiger partial charge on any atom is -0.341 e. The lowest BCUT2D eigenvalue weighted by Gasteiger charge is -2.40. The van der Waals surface area contributed by atoms with Gasteiger partial charge in [-0.15, -0.1) is 10.2 Å². The fraction of sp³-hybridized carbons (Fsp3) is 0.850. The molecule has 1 atom stereocenters. The van der Waals surface area contributed by atoms with Crippen molar-refractivity contribution >= 4 is 5.91 Å². The average Bonchev–Trinajstić information content (AvgIpc) is 3.13. The summed E-state index contributed by atoms with van der Waals surface area (Å²) in [7, 11) is 0. The Morgan fingerprint density at radius 1 is 1.04 bits per heavy atom. The van der Waals surface area contributed by atoms with Crippen LogP contribution in [0.25, 0.3) is 0 Å². The molecule has 0 saturated carbocycles. The molecule has 1 amide bonds. The van der Waals surface area contributed by atoms with Gasteiger partial charge in [-0.25, -0.2) is 0 Å². The zero-order chi connectivity index (χ0) is 18.8. The van der Waals surface area contributed by atoms with Gasteiger partial charge < -0.3 is 14.8 Å². The van der Waals surface area contributed by atoms with E-state index in [-0.39, 0.29) is 6.04 Å². The highest BCUT2D eigenvalue weighted by atomic mass is 16.2. The third kappa shape index (κ3) is 3.90. The molecule has 3 aliphatic rings. The number of aromatic nitrogens is 3. The predicted molar refractivity (Wildman–Crippen MR) is 104 cm³/mol. The van der Waals surface area contributed by atoms with E-state index in [1.54, 1.807) is 0 Å². The number of hydrogen-bond donors (Lipinski definition) is 1. The van der Waals surface area contributed by atoms with Gasteiger partial charge in [0, 0.05) is 32.1 Å². The number of rotatable bonds is 4. The van der Waals surface area contributed by atoms with Crippen LogP contribution >= 0.6 is 0 Å². The number of nitrogens with zero attached hydrogens (tertiary/aromatic N) is 5. The number of amides is 1. The molecule has 0 spiro atoms. The van der Waals surface area contributed by atoms with E-state index in [1.165, 1.54) is 19.3 Å². The summed E-state index contributed by atoms with van der Waals surface area (Å²) in [5.41, 5.74) is 0. The standard InChI is InChI=1S/C20H34N6O/c1-15(2)18(24-9-4-3-5-10-24)20(27)25-11-6-16(7-12-25)19-23-22-17-14-21-8-13-26(17)19/h15-16,18,21H,3-14H2,1-2H3. The summed E-state index contributed by atoms with van der Waals surface area (Å²) in [4.78, 5) is 17.9. The van der Waals surface area contributed by atoms with Crippen LogP contribution in [0.15, 0.2) is 0 Å². The van der Waals surface area contributed by atoms with Gasteiger partial charge in [0.25, 0.3) is 0 Å². The second kappa shape index (κ2) is 8.27. The van der Waals surface area contributed by atoms with Crippen molar-refractivity contribution in [2.45, 2.75) is 71.0 Å². The van der Waals surface area contributed by atoms with Crippen LogP contribution in [0.4, 0.5) is 0 Å². The molecule has 150 valence electrons. The summed E-state index contributed by atoms with van der Waals surface area (Å²) >= 11 is 0. The molecule has 3 aliphatic heterocycles. The van der Waals surface area contributed by atoms with Crippen molar-refractivity contribution < 1.29 is 4.79 Å². The maximum atomic E-state index is 13.3. The fourth-order valence-electron chi connectivity index (χ4n) is 5.02. The quantitative estimate of drug-likeness (QED) is 0.867. The van der Waals surface area contributed by atoms with E-state index in [0.29, 0.717) is 17.7 Å². The monoisotopic (exact) mass is 374 g/mol. The highest BCUT2D eigenvalue weighted by molar-refractivity contribution is 5.82. The number of fused-ring (bicyclic) bond motifs is 1. The molecule has 1 aromatic heterocycles. The van der Waals surface area contributed by atoms with Crippen molar-refractivity contribution in [2.24, 2.45) is 5.92 Å². The topological polar surface area (TPSA) is 66.3 Å². The van der Waals surface area contributed by atoms with E-state index in [9.17, 15) is 4.79 Å². The molecule has 0 bridgehead atoms. The Kier molecular flexibility index (Phi) is 5.78. The number of nitrogens with one attached hydrogen (secondary N) is 1. The van der Waals surface area contributed by atoms with Gasteiger partial charge in [-0.2, -0.15) is 0 Å². The Morgan fingerprint density at radius 3 is 2.48 bits per heavy atom. The van der Waals surface area contributed by atoms with Crippen LogP contribution in [0.5, 0.6) is 0 Å². The molecule has 2 fully saturated rings. The zero-order valence-electron chi connectivity index (χ0n) is 16.9. The van der Waals surface area contributed by atoms with Crippen LogP contribution in [0.3, 0.4) is 0 Å². The molecule has 1 N–H and O–H groups in total. The third-order valence-electron chi connectivity index (χ3n) is 6.49. The smallest absolute Gasteiger partial charge is 0.240 e. The zero-order valence-corrected chi connectivity index (χ0v) is 16.9. The molecule has 0 aromatic carbocycles. The minimum absolute atomic E-state index is 0.0498. The van der Waals surface area contributed by atoms with E-state index in [1.807, 2.05) is 0 Å². The van der Waals surface area contributed by atoms with Crippen LogP contribution in [-0.4, -0.2) is 69.2 Å². The van der Waals surface area contributed by atoms with Crippen molar-refractivity contribution in [1.82, 2.24) is 29.9 Å². The van der Waals surface area contributed by atoms with Gasteiger partial charge in [0.05, 0.1) is 12.6 Å². The summed E-state index contributed by atoms with van der Waals surface area (Å²) < 4.78 is 2.29. The Bertz CT molecular complexity index is 643. The van der Waals surface area contributed by atoms with Crippen molar-refractivity contribution in [2.75, 3.05) is 32.7 Å². The number of likely N-dealkylation sites (tertiary alicyclic amines) is 2. The van der Waals surface area contributed by atoms with Gasteiger partial charge in [0.1, 0.15) is 11.6 Å². The molecule has 1 aromatic rings. The maximum Gasteiger partial charge on any atom is 0.240 e. The largest absolute Gasteiger partial charge is 0.341 e. The third-order valence-corrected chi connectivity index (χ3v) is 6.49. The van der Waals surface area contributed by atoms with Gasteiger partial charge in [-0.1, -0.05) is 20.3 Å². The second-order valence-electron chi connectivity index (χ2n) is 8.69. The Balaban J connectivity index is 1.39. The van der Waals surface area contributed by atoms with E-state index in [2.05, 4.69) is 43.7 Å². The number of carbonyl (C=O) groups excluding carboxylic acids is 1. The van der Waals surface area contributed by atoms with Crippen LogP contribution in [0.1, 0.15) is 63.5 Å². The van der Waals surface area contributed by atoms with E-state index in [4.69, 9.17) is 0 Å². The number of carbonyl (C=O) groups is 1. The molecule has 7 nitrogen and oxygen atoms in total. The van der Waals surface area contributed by atoms with Gasteiger partial charge in [-0.3, -0.25) is 9.69 Å². The second-order valence-corrected chi connectivity index (χ2v) is 8.69. The fourth-order valence-corrected chi connectivity index (χ4v) is 5.02. The lowest BCUT2D eigenvalue weighted by Crippen LogP contribution is -2.54. The molecular formula is C20H34N6O. The van der Waals surface area contributed by atoms with Gasteiger partial charge in [0.2, 0.25) is 5.91 Å². The highest BCUT2D eigenvalue weighted by Crippen LogP contribution is 2.29. The van der Waals surface area contributed by atoms with Crippen LogP contribution in [-0.2, 0) is 17.9 Å². The number of piperidine rings is 2. The molecule has 4 heterocycles. The predicted octanol–water partition coefficient (Wildman–Crippen LogP) is 1.60. The Labute approximate surface area is 162 Å². The maximum absolute atomic E-state index is 13.3. The molecular weight excluding hydrogens is 340 g/mol. The van der Waals surface area contributed by atoms with E-state index in [0.717, 1.165) is 70.3 Å². The summed E-state index contributed by atoms with van der Waals surface area (Å²) in [6.45, 7) is 11.0. The summed E-state index contributed by atoms with van der Waals surface area (Å²) in [5.74, 6) is 3.33. The summed E-state index contributed by atoms with van der Waals surface area (Å²) in [6.07, 6.45) is 5.76. The van der Waals surface area contributed by atoms with Crippen LogP contribution < -0.4 is 5.32 Å². The first kappa shape index (κ1) is 18.9. The number of hydrogen-bond acceptors (Lipinski definition) is 5. The first-order valence-electron chi connectivity index (χ1n) is 10.8. The molecule has 1 unspecified atom stereocenters. The van der Waals surface area contributed by atoms with Gasteiger partial charge in [0.15, 0.2) is 0 Å².